The summed E-state index contributed by atoms with van der Waals surface area (Å²) in [7, 11) is 1.40. The predicted octanol–water partition coefficient (Wildman–Crippen LogP) is 2.20. The predicted molar refractivity (Wildman–Crippen MR) is 88.5 cm³/mol. The molecule has 0 saturated heterocycles. The van der Waals surface area contributed by atoms with Crippen LogP contribution in [-0.4, -0.2) is 23.6 Å². The quantitative estimate of drug-likeness (QED) is 0.661. The van der Waals surface area contributed by atoms with Crippen LogP contribution in [-0.2, 0) is 15.1 Å². The number of carbonyl (C=O) groups excluding carboxylic acids is 2. The van der Waals surface area contributed by atoms with Crippen molar-refractivity contribution in [2.45, 2.75) is 37.5 Å². The summed E-state index contributed by atoms with van der Waals surface area (Å²) in [4.78, 5) is 34.3. The third-order valence-corrected chi connectivity index (χ3v) is 4.90. The number of amides is 2. The van der Waals surface area contributed by atoms with Gasteiger partial charge in [0.25, 0.3) is 0 Å². The summed E-state index contributed by atoms with van der Waals surface area (Å²) in [5.74, 6) is 0.0362. The van der Waals surface area contributed by atoms with Gasteiger partial charge in [0.15, 0.2) is 5.75 Å². The normalized spacial score (nSPS) is 16.9. The lowest BCUT2D eigenvalue weighted by Crippen LogP contribution is -2.42. The molecule has 2 amide bonds. The Hall–Kier alpha value is -2.54. The van der Waals surface area contributed by atoms with Gasteiger partial charge in [0.05, 0.1) is 23.4 Å². The van der Waals surface area contributed by atoms with E-state index in [1.807, 2.05) is 0 Å². The Morgan fingerprint density at radius 2 is 1.88 bits per heavy atom. The van der Waals surface area contributed by atoms with Gasteiger partial charge in [0, 0.05) is 6.20 Å². The minimum absolute atomic E-state index is 0.391. The van der Waals surface area contributed by atoms with E-state index in [0.29, 0.717) is 35.1 Å². The van der Waals surface area contributed by atoms with E-state index in [1.54, 1.807) is 24.4 Å². The zero-order valence-electron chi connectivity index (χ0n) is 13.6. The first-order chi connectivity index (χ1) is 11.5. The Morgan fingerprint density at radius 3 is 2.46 bits per heavy atom. The van der Waals surface area contributed by atoms with Crippen molar-refractivity contribution in [2.24, 2.45) is 11.5 Å². The summed E-state index contributed by atoms with van der Waals surface area (Å²) in [6.45, 7) is 0. The maximum absolute atomic E-state index is 12.4. The molecule has 7 nitrogen and oxygen atoms in total. The second-order valence-corrected chi connectivity index (χ2v) is 6.16. The lowest BCUT2D eigenvalue weighted by molar-refractivity contribution is -0.176. The van der Waals surface area contributed by atoms with Crippen molar-refractivity contribution in [2.75, 3.05) is 7.11 Å². The van der Waals surface area contributed by atoms with Crippen LogP contribution in [0.4, 0.5) is 4.79 Å². The van der Waals surface area contributed by atoms with Crippen molar-refractivity contribution in [1.29, 1.82) is 0 Å². The van der Waals surface area contributed by atoms with Crippen LogP contribution in [0.25, 0.3) is 10.9 Å². The molecular weight excluding hydrogens is 310 g/mol. The van der Waals surface area contributed by atoms with Crippen LogP contribution < -0.4 is 16.4 Å². The molecule has 1 aliphatic rings. The maximum Gasteiger partial charge on any atom is 0.323 e. The first-order valence-corrected chi connectivity index (χ1v) is 7.96. The van der Waals surface area contributed by atoms with Crippen molar-refractivity contribution >= 4 is 22.8 Å². The molecule has 1 fully saturated rings. The Morgan fingerprint density at radius 1 is 1.17 bits per heavy atom. The number of hydrogen-bond acceptors (Lipinski definition) is 4. The van der Waals surface area contributed by atoms with Crippen LogP contribution in [0.2, 0.25) is 0 Å². The topological polar surface area (TPSA) is 110 Å². The Kier molecular flexibility index (Phi) is 4.19. The number of aromatic nitrogens is 1. The second kappa shape index (κ2) is 6.16. The zero-order valence-corrected chi connectivity index (χ0v) is 13.6. The van der Waals surface area contributed by atoms with Gasteiger partial charge < -0.3 is 16.4 Å². The highest BCUT2D eigenvalue weighted by molar-refractivity contribution is 6.01. The third kappa shape index (κ3) is 2.41. The lowest BCUT2D eigenvalue weighted by Gasteiger charge is -2.34. The largest absolute Gasteiger partial charge is 0.369 e. The standard InChI is InChI=1S/C17H21N3O4/c1-23-24-13-7-5-6-12-14(13)11(10-20(12)16(19)22)17(15(18)21)8-3-2-4-9-17/h5-7,10H,2-4,8-9H2,1H3,(H2,18,21)(H2,19,22). The van der Waals surface area contributed by atoms with Crippen LogP contribution in [0, 0.1) is 0 Å². The van der Waals surface area contributed by atoms with Crippen LogP contribution in [0.5, 0.6) is 5.75 Å². The molecule has 1 heterocycles. The molecule has 4 N–H and O–H groups in total. The van der Waals surface area contributed by atoms with E-state index < -0.39 is 17.4 Å². The van der Waals surface area contributed by atoms with Gasteiger partial charge >= 0.3 is 6.03 Å². The second-order valence-electron chi connectivity index (χ2n) is 6.16. The molecule has 0 radical (unpaired) electrons. The molecule has 24 heavy (non-hydrogen) atoms. The number of nitrogens with two attached hydrogens (primary N) is 2. The summed E-state index contributed by atoms with van der Waals surface area (Å²) >= 11 is 0. The fraction of sp³-hybridized carbons (Fsp3) is 0.412. The van der Waals surface area contributed by atoms with E-state index in [2.05, 4.69) is 0 Å². The number of benzene rings is 1. The summed E-state index contributed by atoms with van der Waals surface area (Å²) in [5, 5.41) is 0.638. The number of primary amides is 2. The molecule has 1 aromatic heterocycles. The highest BCUT2D eigenvalue weighted by atomic mass is 17.2. The van der Waals surface area contributed by atoms with E-state index in [0.717, 1.165) is 19.3 Å². The highest BCUT2D eigenvalue weighted by Gasteiger charge is 2.42. The molecule has 1 aromatic carbocycles. The number of rotatable bonds is 4. The molecule has 0 atom stereocenters. The summed E-state index contributed by atoms with van der Waals surface area (Å²) < 4.78 is 1.33. The summed E-state index contributed by atoms with van der Waals surface area (Å²) in [6.07, 6.45) is 5.76. The summed E-state index contributed by atoms with van der Waals surface area (Å²) in [6, 6.07) is 4.58. The smallest absolute Gasteiger partial charge is 0.323 e. The first-order valence-electron chi connectivity index (χ1n) is 7.96. The fourth-order valence-corrected chi connectivity index (χ4v) is 3.76. The molecule has 0 aliphatic heterocycles. The van der Waals surface area contributed by atoms with Gasteiger partial charge in [-0.15, -0.1) is 0 Å². The highest BCUT2D eigenvalue weighted by Crippen LogP contribution is 2.45. The van der Waals surface area contributed by atoms with Gasteiger partial charge in [0.2, 0.25) is 5.91 Å². The molecule has 2 aromatic rings. The molecule has 0 spiro atoms. The van der Waals surface area contributed by atoms with E-state index in [4.69, 9.17) is 21.2 Å². The fourth-order valence-electron chi connectivity index (χ4n) is 3.76. The first kappa shape index (κ1) is 16.3. The molecule has 1 saturated carbocycles. The van der Waals surface area contributed by atoms with Crippen molar-refractivity contribution in [1.82, 2.24) is 4.57 Å². The lowest BCUT2D eigenvalue weighted by atomic mass is 9.69. The third-order valence-electron chi connectivity index (χ3n) is 4.90. The van der Waals surface area contributed by atoms with Crippen molar-refractivity contribution in [3.8, 4) is 5.75 Å². The Bertz CT molecular complexity index is 790. The van der Waals surface area contributed by atoms with Gasteiger partial charge in [-0.05, 0) is 30.5 Å². The molecule has 7 heteroatoms. The van der Waals surface area contributed by atoms with Gasteiger partial charge in [0.1, 0.15) is 0 Å². The van der Waals surface area contributed by atoms with Gasteiger partial charge in [-0.2, -0.15) is 4.89 Å². The number of carbonyl (C=O) groups is 2. The van der Waals surface area contributed by atoms with Gasteiger partial charge in [-0.25, -0.2) is 4.79 Å². The van der Waals surface area contributed by atoms with Crippen molar-refractivity contribution < 1.29 is 19.4 Å². The molecule has 128 valence electrons. The summed E-state index contributed by atoms with van der Waals surface area (Å²) in [5.41, 5.74) is 11.7. The minimum atomic E-state index is -0.829. The van der Waals surface area contributed by atoms with E-state index in [-0.39, 0.29) is 0 Å². The van der Waals surface area contributed by atoms with Gasteiger partial charge in [-0.1, -0.05) is 25.3 Å². The van der Waals surface area contributed by atoms with Crippen LogP contribution in [0.15, 0.2) is 24.4 Å². The SMILES string of the molecule is COOc1cccc2c1c(C1(C(N)=O)CCCCC1)cn2C(N)=O. The molecular formula is C17H21N3O4. The van der Waals surface area contributed by atoms with Gasteiger partial charge in [-0.3, -0.25) is 9.36 Å². The van der Waals surface area contributed by atoms with Crippen molar-refractivity contribution in [3.63, 3.8) is 0 Å². The maximum atomic E-state index is 12.4. The van der Waals surface area contributed by atoms with E-state index in [1.165, 1.54) is 11.7 Å². The monoisotopic (exact) mass is 331 g/mol. The molecule has 3 rings (SSSR count). The average molecular weight is 331 g/mol. The van der Waals surface area contributed by atoms with E-state index in [9.17, 15) is 9.59 Å². The molecule has 1 aliphatic carbocycles. The number of nitrogens with zero attached hydrogens (tertiary/aromatic N) is 1. The Balaban J connectivity index is 2.33. The van der Waals surface area contributed by atoms with E-state index >= 15 is 0 Å². The number of hydrogen-bond donors (Lipinski definition) is 2. The molecule has 0 bridgehead atoms. The van der Waals surface area contributed by atoms with Crippen LogP contribution in [0.1, 0.15) is 37.7 Å². The van der Waals surface area contributed by atoms with Crippen LogP contribution in [0.3, 0.4) is 0 Å². The Labute approximate surface area is 139 Å². The van der Waals surface area contributed by atoms with Crippen LogP contribution >= 0.6 is 0 Å². The van der Waals surface area contributed by atoms with Crippen molar-refractivity contribution in [3.05, 3.63) is 30.0 Å². The molecule has 0 unspecified atom stereocenters. The minimum Gasteiger partial charge on any atom is -0.369 e. The zero-order chi connectivity index (χ0) is 17.3. The number of fused-ring (bicyclic) bond motifs is 1. The average Bonchev–Trinajstić information content (AvgIpc) is 2.97.